The molecular formula is C22H26N2O. The van der Waals surface area contributed by atoms with E-state index in [1.54, 1.807) is 12.3 Å². The number of rotatable bonds is 9. The Hall–Kier alpha value is -2.55. The summed E-state index contributed by atoms with van der Waals surface area (Å²) in [6.07, 6.45) is 10.7. The lowest BCUT2D eigenvalue weighted by molar-refractivity contribution is 0.305. The van der Waals surface area contributed by atoms with E-state index in [0.717, 1.165) is 23.1 Å². The number of nitrogens with one attached hydrogen (secondary N) is 1. The van der Waals surface area contributed by atoms with E-state index in [-0.39, 0.29) is 0 Å². The summed E-state index contributed by atoms with van der Waals surface area (Å²) in [5.41, 5.74) is 4.43. The quantitative estimate of drug-likeness (QED) is 0.672. The van der Waals surface area contributed by atoms with Crippen molar-refractivity contribution >= 4 is 5.70 Å². The summed E-state index contributed by atoms with van der Waals surface area (Å²) >= 11 is 0. The number of benzene rings is 1. The van der Waals surface area contributed by atoms with E-state index < -0.39 is 0 Å². The zero-order valence-corrected chi connectivity index (χ0v) is 14.9. The monoisotopic (exact) mass is 334 g/mol. The summed E-state index contributed by atoms with van der Waals surface area (Å²) in [5, 5.41) is 3.11. The second-order valence-electron chi connectivity index (χ2n) is 6.54. The molecule has 1 aromatic heterocycles. The maximum Gasteiger partial charge on any atom is 0.138 e. The number of allylic oxidation sites excluding steroid dienone is 2. The Balaban J connectivity index is 1.56. The Kier molecular flexibility index (Phi) is 5.89. The van der Waals surface area contributed by atoms with Gasteiger partial charge in [-0.3, -0.25) is 4.98 Å². The van der Waals surface area contributed by atoms with Crippen molar-refractivity contribution in [2.24, 2.45) is 5.92 Å². The van der Waals surface area contributed by atoms with Crippen LogP contribution in [-0.4, -0.2) is 12.0 Å². The van der Waals surface area contributed by atoms with E-state index in [4.69, 9.17) is 4.74 Å². The highest BCUT2D eigenvalue weighted by Gasteiger charge is 2.20. The van der Waals surface area contributed by atoms with E-state index in [1.807, 2.05) is 25.3 Å². The van der Waals surface area contributed by atoms with Crippen LogP contribution >= 0.6 is 0 Å². The van der Waals surface area contributed by atoms with Crippen molar-refractivity contribution in [1.82, 2.24) is 10.3 Å². The Morgan fingerprint density at radius 1 is 1.28 bits per heavy atom. The van der Waals surface area contributed by atoms with Gasteiger partial charge in [-0.2, -0.15) is 0 Å². The fraction of sp³-hybridized carbons (Fsp3) is 0.318. The van der Waals surface area contributed by atoms with Gasteiger partial charge in [-0.25, -0.2) is 0 Å². The fourth-order valence-corrected chi connectivity index (χ4v) is 2.86. The van der Waals surface area contributed by atoms with E-state index in [2.05, 4.69) is 41.1 Å². The van der Waals surface area contributed by atoms with Crippen LogP contribution < -0.4 is 10.1 Å². The minimum Gasteiger partial charge on any atom is -0.487 e. The fourth-order valence-electron chi connectivity index (χ4n) is 2.86. The first-order valence-corrected chi connectivity index (χ1v) is 8.96. The van der Waals surface area contributed by atoms with Gasteiger partial charge in [0.05, 0.1) is 17.6 Å². The summed E-state index contributed by atoms with van der Waals surface area (Å²) in [7, 11) is 1.87. The molecule has 25 heavy (non-hydrogen) atoms. The third-order valence-corrected chi connectivity index (χ3v) is 4.50. The smallest absolute Gasteiger partial charge is 0.138 e. The molecule has 1 heterocycles. The van der Waals surface area contributed by atoms with Crippen LogP contribution in [0.1, 0.15) is 36.1 Å². The molecule has 2 aromatic rings. The molecule has 0 aliphatic heterocycles. The second kappa shape index (κ2) is 8.52. The van der Waals surface area contributed by atoms with Crippen LogP contribution in [0.5, 0.6) is 5.75 Å². The minimum atomic E-state index is 0.569. The number of nitrogens with zero attached hydrogens (tertiary/aromatic N) is 1. The number of aryl methyl sites for hydroxylation is 1. The predicted octanol–water partition coefficient (Wildman–Crippen LogP) is 4.75. The molecule has 0 saturated heterocycles. The molecule has 3 nitrogen and oxygen atoms in total. The molecule has 1 fully saturated rings. The number of hydrogen-bond acceptors (Lipinski definition) is 3. The summed E-state index contributed by atoms with van der Waals surface area (Å²) in [6.45, 7) is 4.29. The SMILES string of the molecule is C=C/C=C(\NC)c1ccc(OCc2cccc(CCC3CC3)c2)cn1. The van der Waals surface area contributed by atoms with Crippen LogP contribution in [0.15, 0.2) is 61.3 Å². The van der Waals surface area contributed by atoms with Crippen molar-refractivity contribution in [3.8, 4) is 5.75 Å². The molecule has 0 bridgehead atoms. The molecule has 3 heteroatoms. The van der Waals surface area contributed by atoms with Gasteiger partial charge in [-0.15, -0.1) is 0 Å². The number of aromatic nitrogens is 1. The zero-order chi connectivity index (χ0) is 17.5. The number of ether oxygens (including phenoxy) is 1. The molecular weight excluding hydrogens is 308 g/mol. The van der Waals surface area contributed by atoms with Gasteiger partial charge in [0.15, 0.2) is 0 Å². The molecule has 0 spiro atoms. The highest BCUT2D eigenvalue weighted by atomic mass is 16.5. The lowest BCUT2D eigenvalue weighted by Gasteiger charge is -2.09. The Morgan fingerprint density at radius 2 is 2.12 bits per heavy atom. The van der Waals surface area contributed by atoms with Gasteiger partial charge in [0.1, 0.15) is 12.4 Å². The Morgan fingerprint density at radius 3 is 2.80 bits per heavy atom. The van der Waals surface area contributed by atoms with Crippen LogP contribution in [0, 0.1) is 5.92 Å². The number of hydrogen-bond donors (Lipinski definition) is 1. The van der Waals surface area contributed by atoms with Crippen molar-refractivity contribution in [1.29, 1.82) is 0 Å². The Bertz CT molecular complexity index is 730. The zero-order valence-electron chi connectivity index (χ0n) is 14.9. The predicted molar refractivity (Wildman–Crippen MR) is 103 cm³/mol. The van der Waals surface area contributed by atoms with Crippen molar-refractivity contribution in [2.75, 3.05) is 7.05 Å². The molecule has 1 N–H and O–H groups in total. The minimum absolute atomic E-state index is 0.569. The van der Waals surface area contributed by atoms with Gasteiger partial charge >= 0.3 is 0 Å². The molecule has 0 amide bonds. The highest BCUT2D eigenvalue weighted by Crippen LogP contribution is 2.33. The molecule has 3 rings (SSSR count). The third-order valence-electron chi connectivity index (χ3n) is 4.50. The van der Waals surface area contributed by atoms with Crippen LogP contribution in [0.3, 0.4) is 0 Å². The first-order chi connectivity index (χ1) is 12.3. The summed E-state index contributed by atoms with van der Waals surface area (Å²) in [4.78, 5) is 4.45. The van der Waals surface area contributed by atoms with Crippen LogP contribution in [-0.2, 0) is 13.0 Å². The third kappa shape index (κ3) is 5.21. The average molecular weight is 334 g/mol. The maximum atomic E-state index is 5.89. The first kappa shape index (κ1) is 17.3. The molecule has 0 radical (unpaired) electrons. The van der Waals surface area contributed by atoms with Gasteiger partial charge in [-0.1, -0.05) is 49.8 Å². The van der Waals surface area contributed by atoms with Gasteiger partial charge in [0.2, 0.25) is 0 Å². The molecule has 0 atom stereocenters. The topological polar surface area (TPSA) is 34.1 Å². The van der Waals surface area contributed by atoms with E-state index in [1.165, 1.54) is 36.8 Å². The normalized spacial score (nSPS) is 14.2. The van der Waals surface area contributed by atoms with Gasteiger partial charge in [0.25, 0.3) is 0 Å². The average Bonchev–Trinajstić information content (AvgIpc) is 3.48. The molecule has 1 saturated carbocycles. The lowest BCUT2D eigenvalue weighted by atomic mass is 10.1. The van der Waals surface area contributed by atoms with Crippen molar-refractivity contribution in [3.63, 3.8) is 0 Å². The van der Waals surface area contributed by atoms with E-state index in [0.29, 0.717) is 6.61 Å². The molecule has 0 unspecified atom stereocenters. The van der Waals surface area contributed by atoms with Gasteiger partial charge in [-0.05, 0) is 48.1 Å². The lowest BCUT2D eigenvalue weighted by Crippen LogP contribution is -2.06. The molecule has 1 aromatic carbocycles. The molecule has 130 valence electrons. The standard InChI is InChI=1S/C22H26N2O/c1-3-5-21(23-2)22-13-12-20(15-24-22)25-16-19-7-4-6-18(14-19)11-10-17-8-9-17/h3-7,12-15,17,23H,1,8-11,16H2,2H3/b21-5-. The van der Waals surface area contributed by atoms with Crippen molar-refractivity contribution in [2.45, 2.75) is 32.3 Å². The summed E-state index contributed by atoms with van der Waals surface area (Å²) < 4.78 is 5.89. The molecule has 1 aliphatic rings. The van der Waals surface area contributed by atoms with Crippen molar-refractivity contribution < 1.29 is 4.74 Å². The Labute approximate surface area is 150 Å². The van der Waals surface area contributed by atoms with E-state index in [9.17, 15) is 0 Å². The number of pyridine rings is 1. The van der Waals surface area contributed by atoms with Crippen molar-refractivity contribution in [3.05, 3.63) is 78.1 Å². The first-order valence-electron chi connectivity index (χ1n) is 8.96. The van der Waals surface area contributed by atoms with Crippen LogP contribution in [0.2, 0.25) is 0 Å². The van der Waals surface area contributed by atoms with Crippen LogP contribution in [0.4, 0.5) is 0 Å². The largest absolute Gasteiger partial charge is 0.487 e. The molecule has 1 aliphatic carbocycles. The highest BCUT2D eigenvalue weighted by molar-refractivity contribution is 5.62. The van der Waals surface area contributed by atoms with Gasteiger partial charge in [0, 0.05) is 7.05 Å². The second-order valence-corrected chi connectivity index (χ2v) is 6.54. The van der Waals surface area contributed by atoms with Crippen LogP contribution in [0.25, 0.3) is 5.70 Å². The van der Waals surface area contributed by atoms with Gasteiger partial charge < -0.3 is 10.1 Å². The van der Waals surface area contributed by atoms with E-state index >= 15 is 0 Å². The summed E-state index contributed by atoms with van der Waals surface area (Å²) in [6, 6.07) is 12.6. The summed E-state index contributed by atoms with van der Waals surface area (Å²) in [5.74, 6) is 1.75. The maximum absolute atomic E-state index is 5.89.